The van der Waals surface area contributed by atoms with E-state index < -0.39 is 12.0 Å². The van der Waals surface area contributed by atoms with Crippen LogP contribution in [0.2, 0.25) is 0 Å². The van der Waals surface area contributed by atoms with Gasteiger partial charge in [-0.2, -0.15) is 0 Å². The standard InChI is InChI=1S/C20H23N3O3/c1-20(2)14-10-22-17(15(14)20)18(24)23-16(19(25)26-3)13-9-21-8-11-6-4-5-7-12(11)13/h4-9,14-17,22H,10H2,1-3H3,(H,23,24)/t14-,15-,16?,17-/m0/s1. The molecule has 1 unspecified atom stereocenters. The first-order valence-electron chi connectivity index (χ1n) is 8.89. The van der Waals surface area contributed by atoms with Crippen molar-refractivity contribution in [2.75, 3.05) is 13.7 Å². The molecule has 1 aliphatic carbocycles. The average molecular weight is 353 g/mol. The fourth-order valence-electron chi connectivity index (χ4n) is 4.46. The minimum Gasteiger partial charge on any atom is -0.467 e. The highest BCUT2D eigenvalue weighted by Gasteiger charge is 2.65. The molecule has 6 nitrogen and oxygen atoms in total. The zero-order chi connectivity index (χ0) is 18.5. The van der Waals surface area contributed by atoms with Crippen molar-refractivity contribution < 1.29 is 14.3 Å². The van der Waals surface area contributed by atoms with Gasteiger partial charge in [0.25, 0.3) is 0 Å². The van der Waals surface area contributed by atoms with Crippen LogP contribution in [0, 0.1) is 17.3 Å². The number of amides is 1. The van der Waals surface area contributed by atoms with Crippen molar-refractivity contribution in [2.24, 2.45) is 17.3 Å². The summed E-state index contributed by atoms with van der Waals surface area (Å²) < 4.78 is 4.96. The molecular formula is C20H23N3O3. The Balaban J connectivity index is 1.64. The van der Waals surface area contributed by atoms with Crippen LogP contribution in [0.15, 0.2) is 36.7 Å². The summed E-state index contributed by atoms with van der Waals surface area (Å²) in [7, 11) is 1.33. The van der Waals surface area contributed by atoms with Gasteiger partial charge in [-0.25, -0.2) is 4.79 Å². The number of rotatable bonds is 4. The second-order valence-corrected chi connectivity index (χ2v) is 7.75. The van der Waals surface area contributed by atoms with Crippen LogP contribution in [0.3, 0.4) is 0 Å². The Labute approximate surface area is 152 Å². The van der Waals surface area contributed by atoms with E-state index in [1.807, 2.05) is 24.3 Å². The van der Waals surface area contributed by atoms with Crippen molar-refractivity contribution in [3.8, 4) is 0 Å². The third kappa shape index (κ3) is 2.56. The summed E-state index contributed by atoms with van der Waals surface area (Å²) in [5.74, 6) is 0.174. The number of ether oxygens (including phenoxy) is 1. The molecule has 4 rings (SSSR count). The molecule has 4 atom stereocenters. The first kappa shape index (κ1) is 17.0. The molecule has 0 bridgehead atoms. The van der Waals surface area contributed by atoms with Gasteiger partial charge in [0, 0.05) is 23.3 Å². The highest BCUT2D eigenvalue weighted by Crippen LogP contribution is 2.62. The van der Waals surface area contributed by atoms with E-state index in [1.54, 1.807) is 12.4 Å². The lowest BCUT2D eigenvalue weighted by atomic mass is 9.99. The summed E-state index contributed by atoms with van der Waals surface area (Å²) in [6, 6.07) is 6.51. The van der Waals surface area contributed by atoms with Gasteiger partial charge >= 0.3 is 5.97 Å². The maximum absolute atomic E-state index is 12.9. The normalized spacial score (nSPS) is 26.8. The summed E-state index contributed by atoms with van der Waals surface area (Å²) >= 11 is 0. The maximum Gasteiger partial charge on any atom is 0.333 e. The van der Waals surface area contributed by atoms with Gasteiger partial charge in [0.15, 0.2) is 6.04 Å². The molecule has 1 saturated heterocycles. The summed E-state index contributed by atoms with van der Waals surface area (Å²) in [4.78, 5) is 29.6. The number of hydrogen-bond donors (Lipinski definition) is 2. The SMILES string of the molecule is COC(=O)C(NC(=O)[C@H]1NC[C@H]2[C@@H]1C2(C)C)c1cncc2ccccc12. The second kappa shape index (κ2) is 6.06. The number of aromatic nitrogens is 1. The Morgan fingerprint density at radius 3 is 2.77 bits per heavy atom. The van der Waals surface area contributed by atoms with Crippen LogP contribution >= 0.6 is 0 Å². The van der Waals surface area contributed by atoms with Crippen LogP contribution in [0.25, 0.3) is 10.8 Å². The molecule has 0 radical (unpaired) electrons. The lowest BCUT2D eigenvalue weighted by Crippen LogP contribution is -2.47. The number of carbonyl (C=O) groups excluding carboxylic acids is 2. The minimum atomic E-state index is -0.881. The fourth-order valence-corrected chi connectivity index (χ4v) is 4.46. The van der Waals surface area contributed by atoms with E-state index in [0.29, 0.717) is 17.4 Å². The van der Waals surface area contributed by atoms with Crippen molar-refractivity contribution >= 4 is 22.6 Å². The summed E-state index contributed by atoms with van der Waals surface area (Å²) in [5.41, 5.74) is 0.822. The summed E-state index contributed by atoms with van der Waals surface area (Å²) in [6.45, 7) is 5.22. The largest absolute Gasteiger partial charge is 0.467 e. The fraction of sp³-hybridized carbons (Fsp3) is 0.450. The lowest BCUT2D eigenvalue weighted by Gasteiger charge is -2.23. The molecule has 2 heterocycles. The van der Waals surface area contributed by atoms with Gasteiger partial charge < -0.3 is 15.4 Å². The molecule has 2 N–H and O–H groups in total. The molecule has 1 aromatic carbocycles. The number of pyridine rings is 1. The van der Waals surface area contributed by atoms with Crippen molar-refractivity contribution in [2.45, 2.75) is 25.9 Å². The quantitative estimate of drug-likeness (QED) is 0.820. The van der Waals surface area contributed by atoms with Crippen LogP contribution in [0.5, 0.6) is 0 Å². The molecule has 1 aromatic heterocycles. The van der Waals surface area contributed by atoms with Crippen LogP contribution < -0.4 is 10.6 Å². The Morgan fingerprint density at radius 1 is 1.31 bits per heavy atom. The maximum atomic E-state index is 12.9. The van der Waals surface area contributed by atoms with E-state index in [9.17, 15) is 9.59 Å². The van der Waals surface area contributed by atoms with E-state index in [4.69, 9.17) is 4.74 Å². The Morgan fingerprint density at radius 2 is 2.08 bits per heavy atom. The molecule has 136 valence electrons. The average Bonchev–Trinajstić information content (AvgIpc) is 3.00. The number of nitrogens with one attached hydrogen (secondary N) is 2. The van der Waals surface area contributed by atoms with Crippen molar-refractivity contribution in [3.63, 3.8) is 0 Å². The van der Waals surface area contributed by atoms with Crippen molar-refractivity contribution in [3.05, 3.63) is 42.2 Å². The smallest absolute Gasteiger partial charge is 0.333 e. The highest BCUT2D eigenvalue weighted by atomic mass is 16.5. The number of benzene rings is 1. The zero-order valence-corrected chi connectivity index (χ0v) is 15.2. The third-order valence-electron chi connectivity index (χ3n) is 6.07. The topological polar surface area (TPSA) is 80.3 Å². The van der Waals surface area contributed by atoms with Gasteiger partial charge in [0.1, 0.15) is 0 Å². The number of hydrogen-bond acceptors (Lipinski definition) is 5. The zero-order valence-electron chi connectivity index (χ0n) is 15.2. The van der Waals surface area contributed by atoms with Gasteiger partial charge in [-0.05, 0) is 29.2 Å². The van der Waals surface area contributed by atoms with Crippen molar-refractivity contribution in [1.82, 2.24) is 15.6 Å². The van der Waals surface area contributed by atoms with E-state index in [1.165, 1.54) is 7.11 Å². The molecule has 1 aliphatic heterocycles. The predicted octanol–water partition coefficient (Wildman–Crippen LogP) is 1.81. The first-order chi connectivity index (χ1) is 12.4. The number of esters is 1. The van der Waals surface area contributed by atoms with Gasteiger partial charge in [0.05, 0.1) is 13.2 Å². The molecule has 26 heavy (non-hydrogen) atoms. The van der Waals surface area contributed by atoms with E-state index in [0.717, 1.165) is 17.3 Å². The molecule has 1 amide bonds. The van der Waals surface area contributed by atoms with Crippen LogP contribution in [-0.4, -0.2) is 36.6 Å². The number of nitrogens with zero attached hydrogens (tertiary/aromatic N) is 1. The number of piperidine rings is 1. The monoisotopic (exact) mass is 353 g/mol. The van der Waals surface area contributed by atoms with E-state index in [-0.39, 0.29) is 17.4 Å². The van der Waals surface area contributed by atoms with Crippen molar-refractivity contribution in [1.29, 1.82) is 0 Å². The van der Waals surface area contributed by atoms with Crippen LogP contribution in [0.1, 0.15) is 25.5 Å². The molecule has 1 saturated carbocycles. The summed E-state index contributed by atoms with van der Waals surface area (Å²) in [5, 5.41) is 7.97. The Hall–Kier alpha value is -2.47. The predicted molar refractivity (Wildman–Crippen MR) is 97.2 cm³/mol. The highest BCUT2D eigenvalue weighted by molar-refractivity contribution is 5.94. The van der Waals surface area contributed by atoms with E-state index >= 15 is 0 Å². The summed E-state index contributed by atoms with van der Waals surface area (Å²) in [6.07, 6.45) is 3.36. The van der Waals surface area contributed by atoms with Gasteiger partial charge in [0.2, 0.25) is 5.91 Å². The van der Waals surface area contributed by atoms with E-state index in [2.05, 4.69) is 29.5 Å². The minimum absolute atomic E-state index is 0.161. The molecule has 2 aliphatic rings. The van der Waals surface area contributed by atoms with Gasteiger partial charge in [-0.15, -0.1) is 0 Å². The molecule has 2 fully saturated rings. The first-order valence-corrected chi connectivity index (χ1v) is 8.89. The second-order valence-electron chi connectivity index (χ2n) is 7.75. The van der Waals surface area contributed by atoms with Gasteiger partial charge in [-0.3, -0.25) is 9.78 Å². The Bertz CT molecular complexity index is 874. The molecule has 0 spiro atoms. The molecule has 2 aromatic rings. The Kier molecular flexibility index (Phi) is 3.95. The van der Waals surface area contributed by atoms with Crippen LogP contribution in [-0.2, 0) is 14.3 Å². The molecule has 6 heteroatoms. The number of methoxy groups -OCH3 is 1. The van der Waals surface area contributed by atoms with Gasteiger partial charge in [-0.1, -0.05) is 38.1 Å². The lowest BCUT2D eigenvalue weighted by molar-refractivity contribution is -0.145. The number of carbonyl (C=O) groups is 2. The van der Waals surface area contributed by atoms with Crippen LogP contribution in [0.4, 0.5) is 0 Å². The number of fused-ring (bicyclic) bond motifs is 2. The molecular weight excluding hydrogens is 330 g/mol. The third-order valence-corrected chi connectivity index (χ3v) is 6.07.